The van der Waals surface area contributed by atoms with Gasteiger partial charge in [-0.2, -0.15) is 0 Å². The summed E-state index contributed by atoms with van der Waals surface area (Å²) in [5.41, 5.74) is 2.15. The molecule has 3 saturated heterocycles. The molecule has 0 saturated carbocycles. The molecule has 3 heterocycles. The summed E-state index contributed by atoms with van der Waals surface area (Å²) in [5, 5.41) is 0. The molecular formula is C29H41N2O2+. The Morgan fingerprint density at radius 2 is 1.61 bits per heavy atom. The molecule has 33 heavy (non-hydrogen) atoms. The summed E-state index contributed by atoms with van der Waals surface area (Å²) in [5.74, 6) is 0.529. The van der Waals surface area contributed by atoms with E-state index in [2.05, 4.69) is 31.2 Å². The number of hydrogen-bond acceptors (Lipinski definition) is 2. The molecule has 0 N–H and O–H groups in total. The van der Waals surface area contributed by atoms with Crippen molar-refractivity contribution >= 4 is 11.8 Å². The standard InChI is InChI=1S/C29H41N2O2/c1-2-3-4-5-12-21-31-22-18-26(19-23-31)28(24-31)33-29(32)30(27-15-10-7-11-16-27)20-17-25-13-8-6-9-14-25/h6-11,13-16,26,28H,2-5,12,17-24H2,1H3/q+1/t26?,28-,31?/m0/s1. The Morgan fingerprint density at radius 3 is 2.30 bits per heavy atom. The Labute approximate surface area is 200 Å². The smallest absolute Gasteiger partial charge is 0.414 e. The molecule has 3 aliphatic heterocycles. The van der Waals surface area contributed by atoms with Crippen LogP contribution in [0.4, 0.5) is 10.5 Å². The maximum Gasteiger partial charge on any atom is 0.414 e. The Bertz CT molecular complexity index is 846. The van der Waals surface area contributed by atoms with E-state index in [1.54, 1.807) is 0 Å². The van der Waals surface area contributed by atoms with Crippen molar-refractivity contribution in [2.45, 2.75) is 64.4 Å². The summed E-state index contributed by atoms with van der Waals surface area (Å²) < 4.78 is 7.43. The molecule has 2 bridgehead atoms. The van der Waals surface area contributed by atoms with Gasteiger partial charge in [-0.1, -0.05) is 74.7 Å². The molecule has 2 aromatic carbocycles. The number of hydrogen-bond donors (Lipinski definition) is 0. The molecule has 5 rings (SSSR count). The summed E-state index contributed by atoms with van der Waals surface area (Å²) in [6, 6.07) is 20.4. The van der Waals surface area contributed by atoms with Gasteiger partial charge < -0.3 is 9.22 Å². The van der Waals surface area contributed by atoms with Gasteiger partial charge in [-0.15, -0.1) is 0 Å². The van der Waals surface area contributed by atoms with Gasteiger partial charge in [0.1, 0.15) is 6.54 Å². The molecule has 4 nitrogen and oxygen atoms in total. The molecule has 4 heteroatoms. The van der Waals surface area contributed by atoms with Gasteiger partial charge in [0.2, 0.25) is 0 Å². The van der Waals surface area contributed by atoms with Crippen LogP contribution in [0.3, 0.4) is 0 Å². The highest BCUT2D eigenvalue weighted by atomic mass is 16.6. The van der Waals surface area contributed by atoms with Crippen molar-refractivity contribution in [3.63, 3.8) is 0 Å². The number of nitrogens with zero attached hydrogens (tertiary/aromatic N) is 2. The fraction of sp³-hybridized carbons (Fsp3) is 0.552. The summed E-state index contributed by atoms with van der Waals surface area (Å²) >= 11 is 0. The maximum absolute atomic E-state index is 13.4. The molecule has 0 spiro atoms. The monoisotopic (exact) mass is 449 g/mol. The second kappa shape index (κ2) is 11.7. The van der Waals surface area contributed by atoms with E-state index < -0.39 is 0 Å². The van der Waals surface area contributed by atoms with Gasteiger partial charge in [-0.3, -0.25) is 4.90 Å². The third-order valence-corrected chi connectivity index (χ3v) is 7.78. The number of para-hydroxylation sites is 1. The van der Waals surface area contributed by atoms with Gasteiger partial charge in [-0.25, -0.2) is 4.79 Å². The van der Waals surface area contributed by atoms with Gasteiger partial charge >= 0.3 is 6.09 Å². The first-order valence-corrected chi connectivity index (χ1v) is 13.1. The van der Waals surface area contributed by atoms with Crippen LogP contribution in [0.25, 0.3) is 0 Å². The van der Waals surface area contributed by atoms with Crippen LogP contribution in [-0.2, 0) is 11.2 Å². The molecule has 1 atom stereocenters. The number of benzene rings is 2. The third kappa shape index (κ3) is 6.38. The average molecular weight is 450 g/mol. The third-order valence-electron chi connectivity index (χ3n) is 7.78. The number of anilines is 1. The lowest BCUT2D eigenvalue weighted by Crippen LogP contribution is -2.65. The molecule has 1 amide bonds. The topological polar surface area (TPSA) is 29.5 Å². The van der Waals surface area contributed by atoms with E-state index in [1.165, 1.54) is 70.1 Å². The molecule has 0 radical (unpaired) electrons. The summed E-state index contributed by atoms with van der Waals surface area (Å²) in [6.45, 7) is 7.69. The highest BCUT2D eigenvalue weighted by molar-refractivity contribution is 5.87. The van der Waals surface area contributed by atoms with Gasteiger partial charge in [0.25, 0.3) is 0 Å². The van der Waals surface area contributed by atoms with E-state index >= 15 is 0 Å². The summed E-state index contributed by atoms with van der Waals surface area (Å²) in [4.78, 5) is 15.3. The molecule has 0 unspecified atom stereocenters. The molecule has 3 fully saturated rings. The van der Waals surface area contributed by atoms with Crippen LogP contribution in [-0.4, -0.2) is 49.4 Å². The number of carbonyl (C=O) groups excluding carboxylic acids is 1. The molecule has 0 aromatic heterocycles. The number of unbranched alkanes of at least 4 members (excludes halogenated alkanes) is 4. The SMILES string of the molecule is CCCCCCC[N+]12CCC(CC1)[C@@H](OC(=O)N(CCc1ccccc1)c1ccccc1)C2. The van der Waals surface area contributed by atoms with Crippen LogP contribution >= 0.6 is 0 Å². The maximum atomic E-state index is 13.4. The van der Waals surface area contributed by atoms with E-state index in [0.29, 0.717) is 12.5 Å². The van der Waals surface area contributed by atoms with E-state index in [0.717, 1.165) is 23.1 Å². The fourth-order valence-corrected chi connectivity index (χ4v) is 5.73. The highest BCUT2D eigenvalue weighted by Crippen LogP contribution is 2.36. The number of fused-ring (bicyclic) bond motifs is 3. The van der Waals surface area contributed by atoms with Crippen molar-refractivity contribution in [2.75, 3.05) is 37.6 Å². The number of rotatable bonds is 11. The van der Waals surface area contributed by atoms with Crippen molar-refractivity contribution in [3.05, 3.63) is 66.2 Å². The number of amides is 1. The molecule has 0 aliphatic carbocycles. The Morgan fingerprint density at radius 1 is 0.939 bits per heavy atom. The molecule has 2 aromatic rings. The van der Waals surface area contributed by atoms with E-state index in [1.807, 2.05) is 41.3 Å². The van der Waals surface area contributed by atoms with Crippen molar-refractivity contribution in [1.29, 1.82) is 0 Å². The average Bonchev–Trinajstić information content (AvgIpc) is 2.86. The number of piperidine rings is 3. The van der Waals surface area contributed by atoms with E-state index in [4.69, 9.17) is 4.74 Å². The van der Waals surface area contributed by atoms with Crippen molar-refractivity contribution in [3.8, 4) is 0 Å². The van der Waals surface area contributed by atoms with Crippen LogP contribution in [0.2, 0.25) is 0 Å². The van der Waals surface area contributed by atoms with E-state index in [9.17, 15) is 4.79 Å². The van der Waals surface area contributed by atoms with Crippen LogP contribution in [0.5, 0.6) is 0 Å². The zero-order chi connectivity index (χ0) is 22.9. The van der Waals surface area contributed by atoms with Gasteiger partial charge in [0, 0.05) is 31.0 Å². The zero-order valence-electron chi connectivity index (χ0n) is 20.3. The minimum absolute atomic E-state index is 0.0542. The number of ether oxygens (including phenoxy) is 1. The van der Waals surface area contributed by atoms with Gasteiger partial charge in [-0.05, 0) is 37.0 Å². The lowest BCUT2D eigenvalue weighted by Gasteiger charge is -2.52. The highest BCUT2D eigenvalue weighted by Gasteiger charge is 2.47. The van der Waals surface area contributed by atoms with Crippen LogP contribution in [0.15, 0.2) is 60.7 Å². The Balaban J connectivity index is 1.38. The van der Waals surface area contributed by atoms with E-state index in [-0.39, 0.29) is 12.2 Å². The second-order valence-corrected chi connectivity index (χ2v) is 10.1. The molecule has 178 valence electrons. The predicted octanol–water partition coefficient (Wildman–Crippen LogP) is 6.45. The minimum Gasteiger partial charge on any atom is -0.440 e. The van der Waals surface area contributed by atoms with Crippen molar-refractivity contribution < 1.29 is 14.0 Å². The first-order chi connectivity index (χ1) is 16.2. The largest absolute Gasteiger partial charge is 0.440 e. The Kier molecular flexibility index (Phi) is 8.44. The van der Waals surface area contributed by atoms with Gasteiger partial charge in [0.15, 0.2) is 6.10 Å². The lowest BCUT2D eigenvalue weighted by atomic mass is 9.83. The van der Waals surface area contributed by atoms with Crippen LogP contribution < -0.4 is 4.90 Å². The number of carbonyl (C=O) groups is 1. The van der Waals surface area contributed by atoms with Crippen LogP contribution in [0.1, 0.15) is 57.4 Å². The predicted molar refractivity (Wildman–Crippen MR) is 135 cm³/mol. The molecule has 3 aliphatic rings. The minimum atomic E-state index is -0.183. The zero-order valence-corrected chi connectivity index (χ0v) is 20.3. The summed E-state index contributed by atoms with van der Waals surface area (Å²) in [7, 11) is 0. The normalized spacial score (nSPS) is 23.9. The quantitative estimate of drug-likeness (QED) is 0.291. The first-order valence-electron chi connectivity index (χ1n) is 13.1. The first kappa shape index (κ1) is 23.8. The Hall–Kier alpha value is -2.33. The molecular weight excluding hydrogens is 408 g/mol. The lowest BCUT2D eigenvalue weighted by molar-refractivity contribution is -0.946. The fourth-order valence-electron chi connectivity index (χ4n) is 5.73. The number of quaternary nitrogens is 1. The second-order valence-electron chi connectivity index (χ2n) is 10.1. The van der Waals surface area contributed by atoms with Crippen molar-refractivity contribution in [2.24, 2.45) is 5.92 Å². The van der Waals surface area contributed by atoms with Gasteiger partial charge in [0.05, 0.1) is 19.6 Å². The van der Waals surface area contributed by atoms with Crippen LogP contribution in [0, 0.1) is 5.92 Å². The summed E-state index contributed by atoms with van der Waals surface area (Å²) in [6.07, 6.45) is 9.71. The van der Waals surface area contributed by atoms with Crippen molar-refractivity contribution in [1.82, 2.24) is 0 Å².